The number of anilines is 2. The van der Waals surface area contributed by atoms with Gasteiger partial charge in [0, 0.05) is 17.6 Å². The van der Waals surface area contributed by atoms with Gasteiger partial charge in [-0.15, -0.1) is 0 Å². The van der Waals surface area contributed by atoms with Crippen molar-refractivity contribution in [2.75, 3.05) is 5.32 Å². The molecule has 2 aromatic carbocycles. The highest BCUT2D eigenvalue weighted by Gasteiger charge is 2.10. The molecule has 27 heavy (non-hydrogen) atoms. The van der Waals surface area contributed by atoms with E-state index in [0.29, 0.717) is 17.4 Å². The van der Waals surface area contributed by atoms with E-state index in [-0.39, 0.29) is 0 Å². The summed E-state index contributed by atoms with van der Waals surface area (Å²) in [5.41, 5.74) is 3.84. The molecule has 3 N–H and O–H groups in total. The maximum Gasteiger partial charge on any atom is 0.130 e. The number of hydrogen-bond acceptors (Lipinski definition) is 4. The van der Waals surface area contributed by atoms with E-state index >= 15 is 0 Å². The standard InChI is InChI=1S/C21H23N3O2S/c1-15(2)20-13-18(26-14-17-6-3-4-11-23-17)9-10-21(20)24-16-7-5-8-19(12-16)27(22)25/h3-13,15,24H,14,22H2,1-2H3. The predicted molar refractivity (Wildman–Crippen MR) is 109 cm³/mol. The normalized spacial score (nSPS) is 12.0. The third-order valence-corrected chi connectivity index (χ3v) is 4.82. The van der Waals surface area contributed by atoms with E-state index < -0.39 is 11.0 Å². The van der Waals surface area contributed by atoms with E-state index in [4.69, 9.17) is 9.88 Å². The molecule has 1 unspecified atom stereocenters. The third-order valence-electron chi connectivity index (χ3n) is 4.10. The minimum Gasteiger partial charge on any atom is -0.487 e. The van der Waals surface area contributed by atoms with Crippen LogP contribution in [0.25, 0.3) is 0 Å². The lowest BCUT2D eigenvalue weighted by Gasteiger charge is -2.17. The van der Waals surface area contributed by atoms with E-state index in [9.17, 15) is 4.21 Å². The molecule has 1 heterocycles. The fourth-order valence-corrected chi connectivity index (χ4v) is 3.17. The summed E-state index contributed by atoms with van der Waals surface area (Å²) in [6, 6.07) is 19.0. The van der Waals surface area contributed by atoms with Crippen LogP contribution in [0.4, 0.5) is 11.4 Å². The fraction of sp³-hybridized carbons (Fsp3) is 0.190. The third kappa shape index (κ3) is 5.15. The van der Waals surface area contributed by atoms with E-state index in [1.165, 1.54) is 0 Å². The van der Waals surface area contributed by atoms with Gasteiger partial charge in [-0.25, -0.2) is 9.35 Å². The molecular formula is C21H23N3O2S. The molecule has 0 saturated carbocycles. The quantitative estimate of drug-likeness (QED) is 0.631. The van der Waals surface area contributed by atoms with Crippen LogP contribution >= 0.6 is 0 Å². The molecule has 0 saturated heterocycles. The number of pyridine rings is 1. The Bertz CT molecular complexity index is 930. The molecule has 0 aliphatic heterocycles. The first-order valence-electron chi connectivity index (χ1n) is 8.73. The zero-order valence-corrected chi connectivity index (χ0v) is 16.2. The minimum atomic E-state index is -1.50. The largest absolute Gasteiger partial charge is 0.487 e. The van der Waals surface area contributed by atoms with Crippen molar-refractivity contribution in [3.05, 3.63) is 78.1 Å². The highest BCUT2D eigenvalue weighted by atomic mass is 32.2. The van der Waals surface area contributed by atoms with Gasteiger partial charge in [0.2, 0.25) is 0 Å². The Kier molecular flexibility index (Phi) is 6.21. The molecule has 6 heteroatoms. The van der Waals surface area contributed by atoms with Gasteiger partial charge in [0.05, 0.1) is 10.6 Å². The maximum absolute atomic E-state index is 11.5. The van der Waals surface area contributed by atoms with Crippen LogP contribution < -0.4 is 15.2 Å². The molecular weight excluding hydrogens is 358 g/mol. The van der Waals surface area contributed by atoms with E-state index in [0.717, 1.165) is 28.4 Å². The Hall–Kier alpha value is -2.70. The number of ether oxygens (including phenoxy) is 1. The average molecular weight is 382 g/mol. The van der Waals surface area contributed by atoms with E-state index in [1.54, 1.807) is 18.3 Å². The molecule has 0 spiro atoms. The first kappa shape index (κ1) is 19.1. The number of benzene rings is 2. The number of rotatable bonds is 7. The number of nitrogens with one attached hydrogen (secondary N) is 1. The SMILES string of the molecule is CC(C)c1cc(OCc2ccccn2)ccc1Nc1cccc(S(N)=O)c1. The van der Waals surface area contributed by atoms with Gasteiger partial charge in [0.15, 0.2) is 0 Å². The molecule has 0 aliphatic rings. The van der Waals surface area contributed by atoms with Crippen LogP contribution in [0.15, 0.2) is 71.8 Å². The maximum atomic E-state index is 11.5. The number of hydrogen-bond donors (Lipinski definition) is 2. The summed E-state index contributed by atoms with van der Waals surface area (Å²) in [5, 5.41) is 8.87. The second-order valence-corrected chi connectivity index (χ2v) is 7.53. The second kappa shape index (κ2) is 8.79. The molecule has 3 rings (SSSR count). The molecule has 0 amide bonds. The first-order valence-corrected chi connectivity index (χ1v) is 9.94. The number of nitrogens with two attached hydrogens (primary N) is 1. The lowest BCUT2D eigenvalue weighted by atomic mass is 10.0. The van der Waals surface area contributed by atoms with Crippen LogP contribution in [0.1, 0.15) is 31.0 Å². The summed E-state index contributed by atoms with van der Waals surface area (Å²) in [6.07, 6.45) is 1.76. The monoisotopic (exact) mass is 381 g/mol. The molecule has 3 aromatic rings. The minimum absolute atomic E-state index is 0.303. The van der Waals surface area contributed by atoms with E-state index in [1.807, 2.05) is 48.5 Å². The summed E-state index contributed by atoms with van der Waals surface area (Å²) in [4.78, 5) is 4.86. The van der Waals surface area contributed by atoms with Crippen molar-refractivity contribution in [2.24, 2.45) is 5.14 Å². The van der Waals surface area contributed by atoms with Crippen LogP contribution in [0.2, 0.25) is 0 Å². The van der Waals surface area contributed by atoms with Crippen molar-refractivity contribution in [3.8, 4) is 5.75 Å². The Balaban J connectivity index is 1.79. The lowest BCUT2D eigenvalue weighted by molar-refractivity contribution is 0.301. The van der Waals surface area contributed by atoms with Gasteiger partial charge >= 0.3 is 0 Å². The van der Waals surface area contributed by atoms with Crippen molar-refractivity contribution in [1.82, 2.24) is 4.98 Å². The van der Waals surface area contributed by atoms with E-state index in [2.05, 4.69) is 24.1 Å². The average Bonchev–Trinajstić information content (AvgIpc) is 2.68. The Morgan fingerprint density at radius 3 is 2.67 bits per heavy atom. The van der Waals surface area contributed by atoms with Gasteiger partial charge in [-0.1, -0.05) is 26.0 Å². The Labute approximate surface area is 162 Å². The van der Waals surface area contributed by atoms with Crippen molar-refractivity contribution in [1.29, 1.82) is 0 Å². The van der Waals surface area contributed by atoms with Gasteiger partial charge in [-0.3, -0.25) is 4.98 Å². The summed E-state index contributed by atoms with van der Waals surface area (Å²) in [7, 11) is -1.50. The molecule has 0 aliphatic carbocycles. The van der Waals surface area contributed by atoms with Crippen molar-refractivity contribution in [3.63, 3.8) is 0 Å². The smallest absolute Gasteiger partial charge is 0.130 e. The topological polar surface area (TPSA) is 77.2 Å². The Morgan fingerprint density at radius 1 is 1.11 bits per heavy atom. The van der Waals surface area contributed by atoms with Crippen molar-refractivity contribution >= 4 is 22.4 Å². The number of nitrogens with zero attached hydrogens (tertiary/aromatic N) is 1. The van der Waals surface area contributed by atoms with Crippen molar-refractivity contribution < 1.29 is 8.95 Å². The summed E-state index contributed by atoms with van der Waals surface area (Å²) >= 11 is 0. The first-order chi connectivity index (χ1) is 13.0. The Morgan fingerprint density at radius 2 is 1.96 bits per heavy atom. The zero-order valence-electron chi connectivity index (χ0n) is 15.4. The highest BCUT2D eigenvalue weighted by molar-refractivity contribution is 7.82. The van der Waals surface area contributed by atoms with Gasteiger partial charge in [-0.2, -0.15) is 0 Å². The predicted octanol–water partition coefficient (Wildman–Crippen LogP) is 4.51. The zero-order chi connectivity index (χ0) is 19.2. The molecule has 1 atom stereocenters. The molecule has 0 bridgehead atoms. The summed E-state index contributed by atoms with van der Waals surface area (Å²) in [6.45, 7) is 4.69. The molecule has 140 valence electrons. The van der Waals surface area contributed by atoms with Gasteiger partial charge in [-0.05, 0) is 60.0 Å². The highest BCUT2D eigenvalue weighted by Crippen LogP contribution is 2.31. The van der Waals surface area contributed by atoms with Gasteiger partial charge in [0.25, 0.3) is 0 Å². The number of aromatic nitrogens is 1. The van der Waals surface area contributed by atoms with Gasteiger partial charge in [0.1, 0.15) is 23.3 Å². The van der Waals surface area contributed by atoms with Crippen molar-refractivity contribution in [2.45, 2.75) is 31.3 Å². The lowest BCUT2D eigenvalue weighted by Crippen LogP contribution is -2.04. The van der Waals surface area contributed by atoms with Crippen LogP contribution in [0.5, 0.6) is 5.75 Å². The fourth-order valence-electron chi connectivity index (χ4n) is 2.72. The van der Waals surface area contributed by atoms with Gasteiger partial charge < -0.3 is 10.1 Å². The summed E-state index contributed by atoms with van der Waals surface area (Å²) in [5.74, 6) is 1.10. The van der Waals surface area contributed by atoms with Crippen LogP contribution in [-0.4, -0.2) is 9.19 Å². The molecule has 0 fully saturated rings. The van der Waals surface area contributed by atoms with Crippen LogP contribution in [0.3, 0.4) is 0 Å². The van der Waals surface area contributed by atoms with Crippen LogP contribution in [-0.2, 0) is 17.6 Å². The molecule has 5 nitrogen and oxygen atoms in total. The summed E-state index contributed by atoms with van der Waals surface area (Å²) < 4.78 is 17.4. The second-order valence-electron chi connectivity index (χ2n) is 6.46. The molecule has 0 radical (unpaired) electrons. The molecule has 1 aromatic heterocycles. The van der Waals surface area contributed by atoms with Crippen LogP contribution in [0, 0.1) is 0 Å².